The lowest BCUT2D eigenvalue weighted by molar-refractivity contribution is -0.651. The third-order valence-corrected chi connectivity index (χ3v) is 12.0. The van der Waals surface area contributed by atoms with E-state index in [4.69, 9.17) is 4.42 Å². The zero-order chi connectivity index (χ0) is 39.5. The fourth-order valence-electron chi connectivity index (χ4n) is 5.79. The van der Waals surface area contributed by atoms with Crippen molar-refractivity contribution < 1.29 is 8.98 Å². The van der Waals surface area contributed by atoms with E-state index in [0.717, 1.165) is 28.1 Å². The van der Waals surface area contributed by atoms with Crippen LogP contribution in [0.25, 0.3) is 42.3 Å². The predicted molar refractivity (Wildman–Crippen MR) is 235 cm³/mol. The third kappa shape index (κ3) is 10.2. The highest BCUT2D eigenvalue weighted by Gasteiger charge is 2.28. The van der Waals surface area contributed by atoms with E-state index in [1.807, 2.05) is 47.7 Å². The Kier molecular flexibility index (Phi) is 12.2. The summed E-state index contributed by atoms with van der Waals surface area (Å²) in [5.41, 5.74) is 6.30. The minimum Gasteiger partial charge on any atom is -0.461 e. The monoisotopic (exact) mass is 756 g/mol. The first-order valence-corrected chi connectivity index (χ1v) is 20.4. The SMILES string of the molecule is CC(C)(C)c1cc2ccccc2o1.CC(C)(C)c1ccc2ccccc2n1.CC(C)(C)c1nc2ccccc2s1.C[n+]1c(C(C)(C)C)sc2ccccc21. The van der Waals surface area contributed by atoms with Crippen molar-refractivity contribution in [2.75, 3.05) is 0 Å². The normalized spacial score (nSPS) is 12.2. The summed E-state index contributed by atoms with van der Waals surface area (Å²) in [5.74, 6) is 1.05. The molecule has 8 rings (SSSR count). The molecular formula is C48H58N3OS2+. The third-order valence-electron chi connectivity index (χ3n) is 8.85. The summed E-state index contributed by atoms with van der Waals surface area (Å²) in [7, 11) is 2.15. The van der Waals surface area contributed by atoms with Crippen LogP contribution in [0.4, 0.5) is 0 Å². The van der Waals surface area contributed by atoms with Crippen molar-refractivity contribution in [2.45, 2.75) is 105 Å². The van der Waals surface area contributed by atoms with Crippen LogP contribution >= 0.6 is 22.7 Å². The van der Waals surface area contributed by atoms with E-state index in [-0.39, 0.29) is 21.7 Å². The Morgan fingerprint density at radius 3 is 1.65 bits per heavy atom. The fraction of sp³-hybridized carbons (Fsp3) is 0.354. The molecule has 0 N–H and O–H groups in total. The molecule has 0 aliphatic carbocycles. The van der Waals surface area contributed by atoms with Crippen LogP contribution in [0, 0.1) is 0 Å². The van der Waals surface area contributed by atoms with Crippen molar-refractivity contribution in [3.63, 3.8) is 0 Å². The Morgan fingerprint density at radius 2 is 1.07 bits per heavy atom. The van der Waals surface area contributed by atoms with Crippen LogP contribution in [-0.4, -0.2) is 9.97 Å². The van der Waals surface area contributed by atoms with Gasteiger partial charge in [-0.2, -0.15) is 4.57 Å². The summed E-state index contributed by atoms with van der Waals surface area (Å²) in [6.07, 6.45) is 0. The number of benzene rings is 4. The Morgan fingerprint density at radius 1 is 0.500 bits per heavy atom. The molecule has 54 heavy (non-hydrogen) atoms. The molecule has 0 fully saturated rings. The van der Waals surface area contributed by atoms with E-state index < -0.39 is 0 Å². The second-order valence-electron chi connectivity index (χ2n) is 18.0. The van der Waals surface area contributed by atoms with Gasteiger partial charge >= 0.3 is 0 Å². The van der Waals surface area contributed by atoms with E-state index in [2.05, 4.69) is 184 Å². The average molecular weight is 757 g/mol. The maximum Gasteiger partial charge on any atom is 0.243 e. The van der Waals surface area contributed by atoms with Crippen LogP contribution in [0.5, 0.6) is 0 Å². The topological polar surface area (TPSA) is 42.8 Å². The molecule has 0 atom stereocenters. The molecule has 0 spiro atoms. The van der Waals surface area contributed by atoms with Gasteiger partial charge in [-0.1, -0.05) is 140 Å². The molecule has 282 valence electrons. The lowest BCUT2D eigenvalue weighted by Crippen LogP contribution is -2.36. The fourth-order valence-corrected chi connectivity index (χ4v) is 8.02. The van der Waals surface area contributed by atoms with Crippen molar-refractivity contribution in [1.82, 2.24) is 9.97 Å². The van der Waals surface area contributed by atoms with Gasteiger partial charge in [-0.15, -0.1) is 11.3 Å². The van der Waals surface area contributed by atoms with E-state index >= 15 is 0 Å². The molecule has 0 saturated carbocycles. The van der Waals surface area contributed by atoms with Gasteiger partial charge in [0.15, 0.2) is 0 Å². The maximum absolute atomic E-state index is 5.73. The number of furan rings is 1. The molecule has 6 heteroatoms. The van der Waals surface area contributed by atoms with Gasteiger partial charge in [-0.05, 0) is 63.2 Å². The molecule has 4 aromatic carbocycles. The number of aryl methyl sites for hydroxylation is 1. The number of para-hydroxylation sites is 4. The molecular weight excluding hydrogens is 699 g/mol. The van der Waals surface area contributed by atoms with Gasteiger partial charge < -0.3 is 4.42 Å². The molecule has 0 aliphatic heterocycles. The number of hydrogen-bond acceptors (Lipinski definition) is 5. The maximum atomic E-state index is 5.73. The smallest absolute Gasteiger partial charge is 0.243 e. The summed E-state index contributed by atoms with van der Waals surface area (Å²) >= 11 is 3.69. The van der Waals surface area contributed by atoms with Gasteiger partial charge in [-0.25, -0.2) is 4.98 Å². The summed E-state index contributed by atoms with van der Waals surface area (Å²) in [6.45, 7) is 26.4. The number of hydrogen-bond donors (Lipinski definition) is 0. The molecule has 8 aromatic rings. The zero-order valence-corrected chi connectivity index (χ0v) is 36.2. The lowest BCUT2D eigenvalue weighted by atomic mass is 9.91. The van der Waals surface area contributed by atoms with E-state index in [0.29, 0.717) is 0 Å². The van der Waals surface area contributed by atoms with Crippen molar-refractivity contribution in [3.05, 3.63) is 137 Å². The summed E-state index contributed by atoms with van der Waals surface area (Å²) in [6, 6.07) is 39.6. The van der Waals surface area contributed by atoms with Gasteiger partial charge in [0.25, 0.3) is 0 Å². The van der Waals surface area contributed by atoms with E-state index in [1.165, 1.54) is 35.7 Å². The molecule has 0 aliphatic rings. The van der Waals surface area contributed by atoms with Gasteiger partial charge in [0.2, 0.25) is 10.5 Å². The standard InChI is InChI=1S/C13H15N.C12H16NS.C12H14O.C11H13NS/c1-13(2,3)12-9-8-10-6-4-5-7-11(10)14-12;1-12(2,3)11-13(4)9-7-5-6-8-10(9)14-11;1-12(2,3)11-8-9-6-4-5-7-10(9)13-11;1-11(2,3)10-12-8-6-4-5-7-9(8)13-10/h4-9H,1-3H3;5-8H,1-4H3;4-8H,1-3H3;4-7H,1-3H3/q;+1;;. The van der Waals surface area contributed by atoms with Crippen LogP contribution < -0.4 is 4.57 Å². The first-order chi connectivity index (χ1) is 25.2. The second-order valence-corrected chi connectivity index (χ2v) is 20.0. The predicted octanol–water partition coefficient (Wildman–Crippen LogP) is 13.9. The van der Waals surface area contributed by atoms with E-state index in [9.17, 15) is 0 Å². The number of nitrogens with zero attached hydrogens (tertiary/aromatic N) is 3. The lowest BCUT2D eigenvalue weighted by Gasteiger charge is -2.17. The number of fused-ring (bicyclic) bond motifs is 4. The van der Waals surface area contributed by atoms with Gasteiger partial charge in [0.05, 0.1) is 26.2 Å². The molecule has 4 nitrogen and oxygen atoms in total. The van der Waals surface area contributed by atoms with Crippen molar-refractivity contribution in [2.24, 2.45) is 7.05 Å². The van der Waals surface area contributed by atoms with Gasteiger partial charge in [0.1, 0.15) is 23.1 Å². The Hall–Kier alpha value is -4.39. The van der Waals surface area contributed by atoms with Crippen LogP contribution in [0.3, 0.4) is 0 Å². The molecule has 0 unspecified atom stereocenters. The average Bonchev–Trinajstić information content (AvgIpc) is 3.84. The van der Waals surface area contributed by atoms with Gasteiger partial charge in [-0.3, -0.25) is 4.98 Å². The number of aromatic nitrogens is 3. The van der Waals surface area contributed by atoms with Crippen molar-refractivity contribution >= 4 is 65.0 Å². The van der Waals surface area contributed by atoms with Crippen molar-refractivity contribution in [1.29, 1.82) is 0 Å². The highest BCUT2D eigenvalue weighted by Crippen LogP contribution is 2.32. The van der Waals surface area contributed by atoms with Crippen LogP contribution in [0.2, 0.25) is 0 Å². The second kappa shape index (κ2) is 16.1. The van der Waals surface area contributed by atoms with Gasteiger partial charge in [0, 0.05) is 38.8 Å². The van der Waals surface area contributed by atoms with Crippen LogP contribution in [0.15, 0.2) is 120 Å². The summed E-state index contributed by atoms with van der Waals surface area (Å²) in [5, 5.41) is 5.04. The molecule has 0 amide bonds. The first kappa shape index (κ1) is 40.8. The summed E-state index contributed by atoms with van der Waals surface area (Å²) < 4.78 is 10.7. The minimum absolute atomic E-state index is 0.0962. The molecule has 0 bridgehead atoms. The molecule has 4 aromatic heterocycles. The van der Waals surface area contributed by atoms with Crippen LogP contribution in [-0.2, 0) is 28.7 Å². The molecule has 4 heterocycles. The number of pyridine rings is 1. The first-order valence-electron chi connectivity index (χ1n) is 18.8. The van der Waals surface area contributed by atoms with E-state index in [1.54, 1.807) is 11.3 Å². The molecule has 0 radical (unpaired) electrons. The van der Waals surface area contributed by atoms with Crippen molar-refractivity contribution in [3.8, 4) is 0 Å². The largest absolute Gasteiger partial charge is 0.461 e. The highest BCUT2D eigenvalue weighted by atomic mass is 32.1. The Balaban J connectivity index is 0.000000139. The zero-order valence-electron chi connectivity index (χ0n) is 34.5. The number of rotatable bonds is 0. The Bertz CT molecular complexity index is 2300. The number of thiazole rings is 2. The minimum atomic E-state index is 0.0962. The quantitative estimate of drug-likeness (QED) is 0.145. The Labute approximate surface area is 330 Å². The van der Waals surface area contributed by atoms with Crippen LogP contribution in [0.1, 0.15) is 105 Å². The summed E-state index contributed by atoms with van der Waals surface area (Å²) in [4.78, 5) is 9.25. The molecule has 0 saturated heterocycles. The highest BCUT2D eigenvalue weighted by molar-refractivity contribution is 7.18.